The zero-order chi connectivity index (χ0) is 29.9. The molecule has 0 heterocycles. The van der Waals surface area contributed by atoms with E-state index in [1.54, 1.807) is 13.8 Å². The van der Waals surface area contributed by atoms with Gasteiger partial charge in [0.2, 0.25) is 0 Å². The van der Waals surface area contributed by atoms with Crippen molar-refractivity contribution in [1.29, 1.82) is 0 Å². The zero-order valence-electron chi connectivity index (χ0n) is 26.4. The van der Waals surface area contributed by atoms with E-state index in [0.717, 1.165) is 16.7 Å². The number of ketones is 3. The van der Waals surface area contributed by atoms with E-state index in [1.807, 2.05) is 74.5 Å². The lowest BCUT2D eigenvalue weighted by Gasteiger charge is -2.61. The van der Waals surface area contributed by atoms with Gasteiger partial charge in [-0.1, -0.05) is 67.4 Å². The number of allylic oxidation sites excluding steroid dienone is 10. The van der Waals surface area contributed by atoms with Crippen molar-refractivity contribution < 1.29 is 19.5 Å². The molecule has 1 unspecified atom stereocenters. The van der Waals surface area contributed by atoms with Crippen molar-refractivity contribution in [3.63, 3.8) is 0 Å². The highest BCUT2D eigenvalue weighted by atomic mass is 16.3. The first-order chi connectivity index (χ1) is 18.0. The molecule has 2 rings (SSSR count). The molecule has 1 N–H and O–H groups in total. The predicted octanol–water partition coefficient (Wildman–Crippen LogP) is 8.99. The average molecular weight is 537 g/mol. The lowest BCUT2D eigenvalue weighted by atomic mass is 9.38. The van der Waals surface area contributed by atoms with E-state index in [0.29, 0.717) is 25.7 Å². The maximum atomic E-state index is 15.0. The van der Waals surface area contributed by atoms with E-state index in [2.05, 4.69) is 12.2 Å². The summed E-state index contributed by atoms with van der Waals surface area (Å²) in [6.07, 6.45) is 10.9. The van der Waals surface area contributed by atoms with E-state index in [4.69, 9.17) is 0 Å². The van der Waals surface area contributed by atoms with Gasteiger partial charge in [0.15, 0.2) is 22.8 Å². The molecule has 0 aromatic rings. The lowest BCUT2D eigenvalue weighted by Crippen LogP contribution is -2.70. The summed E-state index contributed by atoms with van der Waals surface area (Å²) >= 11 is 0. The predicted molar refractivity (Wildman–Crippen MR) is 161 cm³/mol. The maximum Gasteiger partial charge on any atom is 0.176 e. The van der Waals surface area contributed by atoms with Gasteiger partial charge in [-0.15, -0.1) is 0 Å². The Balaban J connectivity index is 3.11. The second kappa shape index (κ2) is 12.4. The molecule has 1 saturated carbocycles. The van der Waals surface area contributed by atoms with Gasteiger partial charge < -0.3 is 5.11 Å². The molecule has 0 spiro atoms. The highest BCUT2D eigenvalue weighted by molar-refractivity contribution is 6.27. The fourth-order valence-electron chi connectivity index (χ4n) is 6.72. The number of aliphatic hydroxyl groups excluding tert-OH is 1. The van der Waals surface area contributed by atoms with Crippen molar-refractivity contribution in [3.05, 3.63) is 57.9 Å². The normalized spacial score (nSPS) is 28.3. The molecule has 0 aromatic heterocycles. The Morgan fingerprint density at radius 2 is 1.44 bits per heavy atom. The summed E-state index contributed by atoms with van der Waals surface area (Å²) in [4.78, 5) is 43.9. The summed E-state index contributed by atoms with van der Waals surface area (Å²) in [5.74, 6) is -1.87. The molecule has 0 amide bonds. The summed E-state index contributed by atoms with van der Waals surface area (Å²) in [5, 5.41) is 12.2. The molecule has 2 aliphatic rings. The Bertz CT molecular complexity index is 1140. The van der Waals surface area contributed by atoms with Gasteiger partial charge in [-0.05, 0) is 105 Å². The van der Waals surface area contributed by atoms with E-state index in [1.165, 1.54) is 5.57 Å². The second-order valence-electron chi connectivity index (χ2n) is 13.5. The van der Waals surface area contributed by atoms with Gasteiger partial charge in [-0.2, -0.15) is 0 Å². The van der Waals surface area contributed by atoms with Gasteiger partial charge >= 0.3 is 0 Å². The van der Waals surface area contributed by atoms with Crippen LogP contribution in [0, 0.1) is 28.1 Å². The summed E-state index contributed by atoms with van der Waals surface area (Å²) in [5.41, 5.74) is 0.611. The van der Waals surface area contributed by atoms with Crippen LogP contribution in [0.1, 0.15) is 115 Å². The molecule has 0 saturated heterocycles. The van der Waals surface area contributed by atoms with Crippen molar-refractivity contribution in [2.45, 2.75) is 115 Å². The number of fused-ring (bicyclic) bond motifs is 2. The van der Waals surface area contributed by atoms with Crippen LogP contribution in [0.4, 0.5) is 0 Å². The van der Waals surface area contributed by atoms with Crippen LogP contribution in [0.2, 0.25) is 0 Å². The van der Waals surface area contributed by atoms with Crippen LogP contribution in [0.15, 0.2) is 57.9 Å². The molecule has 0 aliphatic heterocycles. The number of Topliss-reactive ketones (excluding diaryl/α,β-unsaturated/α-hetero) is 3. The molecular formula is C35H52O4. The van der Waals surface area contributed by atoms with Crippen molar-refractivity contribution in [1.82, 2.24) is 0 Å². The van der Waals surface area contributed by atoms with E-state index >= 15 is 0 Å². The molecule has 0 aromatic carbocycles. The Kier molecular flexibility index (Phi) is 10.4. The van der Waals surface area contributed by atoms with Crippen LogP contribution in [-0.2, 0) is 14.4 Å². The number of hydrogen-bond donors (Lipinski definition) is 1. The Labute approximate surface area is 237 Å². The second-order valence-corrected chi connectivity index (χ2v) is 13.5. The maximum absolute atomic E-state index is 15.0. The minimum atomic E-state index is -1.76. The Morgan fingerprint density at radius 1 is 0.897 bits per heavy atom. The quantitative estimate of drug-likeness (QED) is 0.211. The Morgan fingerprint density at radius 3 is 1.92 bits per heavy atom. The number of aliphatic hydroxyl groups is 1. The fraction of sp³-hybridized carbons (Fsp3) is 0.629. The van der Waals surface area contributed by atoms with Gasteiger partial charge in [0.1, 0.15) is 5.76 Å². The first-order valence-electron chi connectivity index (χ1n) is 14.6. The zero-order valence-corrected chi connectivity index (χ0v) is 26.4. The summed E-state index contributed by atoms with van der Waals surface area (Å²) in [6.45, 7) is 21.6. The van der Waals surface area contributed by atoms with Crippen molar-refractivity contribution >= 4 is 17.3 Å². The van der Waals surface area contributed by atoms with Crippen LogP contribution < -0.4 is 0 Å². The molecule has 0 radical (unpaired) electrons. The van der Waals surface area contributed by atoms with Crippen LogP contribution in [0.25, 0.3) is 0 Å². The highest BCUT2D eigenvalue weighted by Crippen LogP contribution is 2.68. The summed E-state index contributed by atoms with van der Waals surface area (Å²) in [6, 6.07) is 0. The van der Waals surface area contributed by atoms with Crippen LogP contribution >= 0.6 is 0 Å². The topological polar surface area (TPSA) is 71.4 Å². The Hall–Kier alpha value is -2.49. The molecule has 2 bridgehead atoms. The van der Waals surface area contributed by atoms with Gasteiger partial charge in [-0.3, -0.25) is 14.4 Å². The molecule has 39 heavy (non-hydrogen) atoms. The third-order valence-corrected chi connectivity index (χ3v) is 8.97. The van der Waals surface area contributed by atoms with Crippen molar-refractivity contribution in [2.24, 2.45) is 28.1 Å². The molecule has 4 nitrogen and oxygen atoms in total. The average Bonchev–Trinajstić information content (AvgIpc) is 2.81. The third kappa shape index (κ3) is 5.86. The number of rotatable bonds is 11. The van der Waals surface area contributed by atoms with E-state index in [9.17, 15) is 19.5 Å². The van der Waals surface area contributed by atoms with Crippen LogP contribution in [-0.4, -0.2) is 22.5 Å². The molecule has 4 heteroatoms. The van der Waals surface area contributed by atoms with Crippen LogP contribution in [0.3, 0.4) is 0 Å². The van der Waals surface area contributed by atoms with Crippen molar-refractivity contribution in [3.8, 4) is 0 Å². The number of carbonyl (C=O) groups is 3. The van der Waals surface area contributed by atoms with Crippen LogP contribution in [0.5, 0.6) is 0 Å². The van der Waals surface area contributed by atoms with E-state index < -0.39 is 22.2 Å². The first-order valence-corrected chi connectivity index (χ1v) is 14.6. The van der Waals surface area contributed by atoms with Gasteiger partial charge in [0.05, 0.1) is 5.41 Å². The minimum Gasteiger partial charge on any atom is -0.510 e. The molecule has 1 fully saturated rings. The molecule has 2 aliphatic carbocycles. The standard InChI is InChI=1S/C35H52O4/c1-22(2)13-12-19-33(11)27(16-14-23(3)4)21-34(20-18-25(7)8)30(37)28(17-15-24(5)6)31(38)35(33,32(34)39)29(36)26(9)10/h13-15,18,26-27,38H,12,16-17,19-21H2,1-11H3/t27-,33-,34?,35+/m1/s1. The molecular weight excluding hydrogens is 484 g/mol. The van der Waals surface area contributed by atoms with E-state index in [-0.39, 0.29) is 47.4 Å². The number of carbonyl (C=O) groups excluding carboxylic acids is 3. The van der Waals surface area contributed by atoms with Gasteiger partial charge in [0.25, 0.3) is 0 Å². The fourth-order valence-corrected chi connectivity index (χ4v) is 6.72. The minimum absolute atomic E-state index is 0.139. The van der Waals surface area contributed by atoms with Crippen molar-refractivity contribution in [2.75, 3.05) is 0 Å². The molecule has 4 atom stereocenters. The molecule has 216 valence electrons. The largest absolute Gasteiger partial charge is 0.510 e. The summed E-state index contributed by atoms with van der Waals surface area (Å²) < 4.78 is 0. The smallest absolute Gasteiger partial charge is 0.176 e. The first kappa shape index (κ1) is 32.7. The van der Waals surface area contributed by atoms with Gasteiger partial charge in [-0.25, -0.2) is 0 Å². The number of hydrogen-bond acceptors (Lipinski definition) is 4. The lowest BCUT2D eigenvalue weighted by molar-refractivity contribution is -0.178. The third-order valence-electron chi connectivity index (χ3n) is 8.97. The highest BCUT2D eigenvalue weighted by Gasteiger charge is 2.75. The van der Waals surface area contributed by atoms with Gasteiger partial charge in [0, 0.05) is 11.5 Å². The SMILES string of the molecule is CC(C)=CCC[C@]1(C)[C@H](CC=C(C)C)CC2(CC=C(C)C)C(=O)C(CC=C(C)C)=C(O)[C@@]1(C(=O)C(C)C)C2=O. The monoisotopic (exact) mass is 536 g/mol. The summed E-state index contributed by atoms with van der Waals surface area (Å²) in [7, 11) is 0.